The summed E-state index contributed by atoms with van der Waals surface area (Å²) in [7, 11) is 3.87. The fourth-order valence-electron chi connectivity index (χ4n) is 3.33. The van der Waals surface area contributed by atoms with Gasteiger partial charge >= 0.3 is 0 Å². The first kappa shape index (κ1) is 17.9. The fourth-order valence-corrected chi connectivity index (χ4v) is 3.33. The number of anilines is 3. The third kappa shape index (κ3) is 3.36. The Kier molecular flexibility index (Phi) is 4.61. The van der Waals surface area contributed by atoms with Crippen LogP contribution >= 0.6 is 0 Å². The molecule has 0 radical (unpaired) electrons. The average molecular weight is 375 g/mol. The molecule has 2 aromatic carbocycles. The number of furan rings is 1. The predicted octanol–water partition coefficient (Wildman–Crippen LogP) is 3.80. The first-order valence-electron chi connectivity index (χ1n) is 9.10. The van der Waals surface area contributed by atoms with Crippen LogP contribution in [0, 0.1) is 0 Å². The predicted molar refractivity (Wildman–Crippen MR) is 109 cm³/mol. The number of hydrogen-bond donors (Lipinski definition) is 1. The van der Waals surface area contributed by atoms with E-state index < -0.39 is 0 Å². The Labute approximate surface area is 163 Å². The molecule has 0 unspecified atom stereocenters. The maximum Gasteiger partial charge on any atom is 0.293 e. The van der Waals surface area contributed by atoms with Gasteiger partial charge in [0.25, 0.3) is 11.8 Å². The number of carbonyl (C=O) groups is 2. The number of benzene rings is 2. The van der Waals surface area contributed by atoms with Crippen molar-refractivity contribution in [3.8, 4) is 0 Å². The van der Waals surface area contributed by atoms with Gasteiger partial charge in [-0.25, -0.2) is 0 Å². The number of carbonyl (C=O) groups excluding carboxylic acids is 2. The second-order valence-corrected chi connectivity index (χ2v) is 6.93. The molecular formula is C22H21N3O3. The molecular weight excluding hydrogens is 354 g/mol. The van der Waals surface area contributed by atoms with Crippen molar-refractivity contribution in [2.75, 3.05) is 35.8 Å². The van der Waals surface area contributed by atoms with Gasteiger partial charge in [-0.2, -0.15) is 0 Å². The van der Waals surface area contributed by atoms with E-state index in [-0.39, 0.29) is 11.8 Å². The summed E-state index contributed by atoms with van der Waals surface area (Å²) in [4.78, 5) is 29.0. The van der Waals surface area contributed by atoms with Crippen LogP contribution in [0.15, 0.2) is 65.3 Å². The molecule has 0 saturated carbocycles. The molecule has 1 aromatic heterocycles. The molecule has 0 fully saturated rings. The minimum atomic E-state index is -0.189. The zero-order valence-electron chi connectivity index (χ0n) is 15.8. The van der Waals surface area contributed by atoms with Gasteiger partial charge in [-0.05, 0) is 54.4 Å². The van der Waals surface area contributed by atoms with Crippen LogP contribution in [-0.2, 0) is 6.42 Å². The summed E-state index contributed by atoms with van der Waals surface area (Å²) in [5, 5.41) is 2.93. The van der Waals surface area contributed by atoms with Crippen LogP contribution in [0.25, 0.3) is 0 Å². The minimum absolute atomic E-state index is 0.175. The number of nitrogens with zero attached hydrogens (tertiary/aromatic N) is 2. The van der Waals surface area contributed by atoms with E-state index in [0.29, 0.717) is 23.6 Å². The number of amides is 2. The van der Waals surface area contributed by atoms with Crippen molar-refractivity contribution in [1.82, 2.24) is 0 Å². The van der Waals surface area contributed by atoms with Gasteiger partial charge in [0.2, 0.25) is 0 Å². The van der Waals surface area contributed by atoms with Crippen LogP contribution in [0.3, 0.4) is 0 Å². The van der Waals surface area contributed by atoms with Crippen LogP contribution in [0.2, 0.25) is 0 Å². The lowest BCUT2D eigenvalue weighted by atomic mass is 10.1. The number of rotatable bonds is 4. The molecule has 0 aliphatic carbocycles. The Balaban J connectivity index is 1.56. The molecule has 6 nitrogen and oxygen atoms in total. The van der Waals surface area contributed by atoms with Crippen molar-refractivity contribution in [2.45, 2.75) is 6.42 Å². The maximum absolute atomic E-state index is 12.7. The van der Waals surface area contributed by atoms with Crippen LogP contribution < -0.4 is 15.1 Å². The van der Waals surface area contributed by atoms with Crippen molar-refractivity contribution >= 4 is 28.9 Å². The van der Waals surface area contributed by atoms with E-state index in [4.69, 9.17) is 4.42 Å². The molecule has 2 heterocycles. The summed E-state index contributed by atoms with van der Waals surface area (Å²) < 4.78 is 5.24. The smallest absolute Gasteiger partial charge is 0.293 e. The second kappa shape index (κ2) is 7.23. The van der Waals surface area contributed by atoms with E-state index in [9.17, 15) is 9.59 Å². The van der Waals surface area contributed by atoms with Gasteiger partial charge in [0.15, 0.2) is 5.76 Å². The largest absolute Gasteiger partial charge is 0.459 e. The molecule has 1 aliphatic rings. The van der Waals surface area contributed by atoms with Crippen molar-refractivity contribution in [3.05, 3.63) is 77.7 Å². The third-order valence-electron chi connectivity index (χ3n) is 4.84. The Morgan fingerprint density at radius 3 is 2.68 bits per heavy atom. The van der Waals surface area contributed by atoms with Gasteiger partial charge < -0.3 is 19.5 Å². The van der Waals surface area contributed by atoms with E-state index in [2.05, 4.69) is 5.32 Å². The number of fused-ring (bicyclic) bond motifs is 1. The summed E-state index contributed by atoms with van der Waals surface area (Å²) in [6.07, 6.45) is 2.27. The van der Waals surface area contributed by atoms with Gasteiger partial charge in [-0.15, -0.1) is 0 Å². The highest BCUT2D eigenvalue weighted by Crippen LogP contribution is 2.32. The number of nitrogens with one attached hydrogen (secondary N) is 1. The SMILES string of the molecule is CN(C)c1cccc(C(=O)Nc2ccc3c(c2)N(C(=O)c2ccco2)CC3)c1. The van der Waals surface area contributed by atoms with Crippen LogP contribution in [-0.4, -0.2) is 32.5 Å². The van der Waals surface area contributed by atoms with Crippen molar-refractivity contribution < 1.29 is 14.0 Å². The maximum atomic E-state index is 12.7. The summed E-state index contributed by atoms with van der Waals surface area (Å²) >= 11 is 0. The molecule has 3 aromatic rings. The van der Waals surface area contributed by atoms with Gasteiger partial charge in [-0.1, -0.05) is 12.1 Å². The molecule has 142 valence electrons. The normalized spacial score (nSPS) is 12.6. The van der Waals surface area contributed by atoms with Crippen LogP contribution in [0.1, 0.15) is 26.5 Å². The highest BCUT2D eigenvalue weighted by atomic mass is 16.3. The molecule has 1 N–H and O–H groups in total. The summed E-state index contributed by atoms with van der Waals surface area (Å²) in [5.74, 6) is -0.0562. The highest BCUT2D eigenvalue weighted by Gasteiger charge is 2.27. The van der Waals surface area contributed by atoms with E-state index in [1.807, 2.05) is 55.4 Å². The summed E-state index contributed by atoms with van der Waals surface area (Å²) in [6.45, 7) is 0.594. The second-order valence-electron chi connectivity index (χ2n) is 6.93. The quantitative estimate of drug-likeness (QED) is 0.753. The molecule has 1 aliphatic heterocycles. The lowest BCUT2D eigenvalue weighted by Gasteiger charge is -2.17. The monoisotopic (exact) mass is 375 g/mol. The van der Waals surface area contributed by atoms with Crippen molar-refractivity contribution in [1.29, 1.82) is 0 Å². The van der Waals surface area contributed by atoms with Crippen LogP contribution in [0.4, 0.5) is 17.1 Å². The molecule has 4 rings (SSSR count). The third-order valence-corrected chi connectivity index (χ3v) is 4.84. The van der Waals surface area contributed by atoms with Gasteiger partial charge in [0, 0.05) is 43.3 Å². The van der Waals surface area contributed by atoms with Gasteiger partial charge in [0.1, 0.15) is 0 Å². The zero-order valence-corrected chi connectivity index (χ0v) is 15.8. The number of hydrogen-bond acceptors (Lipinski definition) is 4. The average Bonchev–Trinajstić information content (AvgIpc) is 3.37. The van der Waals surface area contributed by atoms with Crippen LogP contribution in [0.5, 0.6) is 0 Å². The molecule has 0 saturated heterocycles. The molecule has 28 heavy (non-hydrogen) atoms. The molecule has 0 spiro atoms. The molecule has 0 bridgehead atoms. The summed E-state index contributed by atoms with van der Waals surface area (Å²) in [6, 6.07) is 16.5. The Morgan fingerprint density at radius 2 is 1.93 bits per heavy atom. The van der Waals surface area contributed by atoms with Gasteiger partial charge in [0.05, 0.1) is 6.26 Å². The zero-order chi connectivity index (χ0) is 19.7. The molecule has 2 amide bonds. The Morgan fingerprint density at radius 1 is 1.07 bits per heavy atom. The summed E-state index contributed by atoms with van der Waals surface area (Å²) in [5.41, 5.74) is 4.07. The van der Waals surface area contributed by atoms with E-state index in [1.165, 1.54) is 6.26 Å². The fraction of sp³-hybridized carbons (Fsp3) is 0.182. The van der Waals surface area contributed by atoms with E-state index in [0.717, 1.165) is 23.4 Å². The van der Waals surface area contributed by atoms with Gasteiger partial charge in [-0.3, -0.25) is 9.59 Å². The Hall–Kier alpha value is -3.54. The molecule has 6 heteroatoms. The standard InChI is InChI=1S/C22H21N3O3/c1-24(2)18-6-3-5-16(13-18)21(26)23-17-9-8-15-10-11-25(19(15)14-17)22(27)20-7-4-12-28-20/h3-9,12-14H,10-11H2,1-2H3,(H,23,26). The lowest BCUT2D eigenvalue weighted by molar-refractivity contribution is 0.0962. The van der Waals surface area contributed by atoms with Crippen molar-refractivity contribution in [3.63, 3.8) is 0 Å². The van der Waals surface area contributed by atoms with E-state index in [1.54, 1.807) is 23.1 Å². The topological polar surface area (TPSA) is 65.8 Å². The lowest BCUT2D eigenvalue weighted by Crippen LogP contribution is -2.28. The van der Waals surface area contributed by atoms with Crippen molar-refractivity contribution in [2.24, 2.45) is 0 Å². The first-order chi connectivity index (χ1) is 13.5. The first-order valence-corrected chi connectivity index (χ1v) is 9.10. The Bertz CT molecular complexity index is 1030. The minimum Gasteiger partial charge on any atom is -0.459 e. The highest BCUT2D eigenvalue weighted by molar-refractivity contribution is 6.07. The van der Waals surface area contributed by atoms with E-state index >= 15 is 0 Å². The molecule has 0 atom stereocenters.